The number of nitrogens with one attached hydrogen (secondary N) is 2. The second kappa shape index (κ2) is 8.68. The normalized spacial score (nSPS) is 18.6. The number of hydrogen-bond acceptors (Lipinski definition) is 9. The number of aromatic nitrogens is 4. The van der Waals surface area contributed by atoms with Crippen LogP contribution in [0.2, 0.25) is 0 Å². The maximum Gasteiger partial charge on any atom is 0.316 e. The van der Waals surface area contributed by atoms with E-state index in [0.29, 0.717) is 28.9 Å². The van der Waals surface area contributed by atoms with Crippen molar-refractivity contribution in [1.82, 2.24) is 25.3 Å². The van der Waals surface area contributed by atoms with Crippen LogP contribution < -0.4 is 25.0 Å². The van der Waals surface area contributed by atoms with E-state index >= 15 is 0 Å². The van der Waals surface area contributed by atoms with Crippen molar-refractivity contribution in [2.75, 3.05) is 37.5 Å². The van der Waals surface area contributed by atoms with Gasteiger partial charge in [0.15, 0.2) is 5.75 Å². The van der Waals surface area contributed by atoms with Crippen LogP contribution in [-0.4, -0.2) is 65.2 Å². The van der Waals surface area contributed by atoms with Gasteiger partial charge in [-0.2, -0.15) is 4.98 Å². The number of methoxy groups -OCH3 is 2. The van der Waals surface area contributed by atoms with Gasteiger partial charge in [0.2, 0.25) is 5.95 Å². The molecule has 1 aliphatic rings. The molecular weight excluding hydrogens is 398 g/mol. The summed E-state index contributed by atoms with van der Waals surface area (Å²) in [5, 5.41) is 7.02. The van der Waals surface area contributed by atoms with Gasteiger partial charge in [0, 0.05) is 42.4 Å². The van der Waals surface area contributed by atoms with Crippen LogP contribution in [0.3, 0.4) is 0 Å². The first-order chi connectivity index (χ1) is 15.0. The average molecular weight is 423 g/mol. The molecule has 0 unspecified atom stereocenters. The van der Waals surface area contributed by atoms with Gasteiger partial charge in [-0.05, 0) is 26.0 Å². The number of nitrogens with zero attached hydrogens (tertiary/aromatic N) is 5. The molecule has 1 aromatic carbocycles. The third-order valence-corrected chi connectivity index (χ3v) is 5.12. The number of fused-ring (bicyclic) bond motifs is 1. The average Bonchev–Trinajstić information content (AvgIpc) is 2.77. The molecule has 0 aliphatic carbocycles. The molecule has 3 heterocycles. The summed E-state index contributed by atoms with van der Waals surface area (Å²) in [6, 6.07) is 4.58. The molecule has 31 heavy (non-hydrogen) atoms. The van der Waals surface area contributed by atoms with Crippen molar-refractivity contribution < 1.29 is 14.3 Å². The summed E-state index contributed by atoms with van der Waals surface area (Å²) in [7, 11) is 3.02. The van der Waals surface area contributed by atoms with Crippen molar-refractivity contribution >= 4 is 28.4 Å². The van der Waals surface area contributed by atoms with Gasteiger partial charge in [-0.15, -0.1) is 0 Å². The lowest BCUT2D eigenvalue weighted by atomic mass is 10.0. The Morgan fingerprint density at radius 2 is 1.77 bits per heavy atom. The van der Waals surface area contributed by atoms with Crippen LogP contribution >= 0.6 is 0 Å². The van der Waals surface area contributed by atoms with Crippen LogP contribution in [0.25, 0.3) is 10.9 Å². The highest BCUT2D eigenvalue weighted by Gasteiger charge is 2.24. The van der Waals surface area contributed by atoms with Gasteiger partial charge < -0.3 is 19.7 Å². The third-order valence-electron chi connectivity index (χ3n) is 5.12. The molecule has 10 nitrogen and oxygen atoms in total. The molecule has 2 N–H and O–H groups in total. The van der Waals surface area contributed by atoms with Crippen molar-refractivity contribution in [3.63, 3.8) is 0 Å². The molecule has 162 valence electrons. The molecule has 0 radical (unpaired) electrons. The molecule has 1 amide bonds. The summed E-state index contributed by atoms with van der Waals surface area (Å²) in [5.41, 5.74) is 1.87. The molecule has 1 aliphatic heterocycles. The fraction of sp³-hybridized carbons (Fsp3) is 0.381. The van der Waals surface area contributed by atoms with E-state index in [1.165, 1.54) is 26.6 Å². The Morgan fingerprint density at radius 1 is 1.06 bits per heavy atom. The fourth-order valence-electron chi connectivity index (χ4n) is 3.83. The summed E-state index contributed by atoms with van der Waals surface area (Å²) in [6.07, 6.45) is 4.68. The first-order valence-electron chi connectivity index (χ1n) is 10.0. The predicted octanol–water partition coefficient (Wildman–Crippen LogP) is 1.88. The topological polar surface area (TPSA) is 114 Å². The zero-order chi connectivity index (χ0) is 22.0. The first-order valence-corrected chi connectivity index (χ1v) is 10.0. The zero-order valence-electron chi connectivity index (χ0n) is 17.9. The van der Waals surface area contributed by atoms with Gasteiger partial charge in [-0.3, -0.25) is 10.1 Å². The number of hydrogen-bond donors (Lipinski definition) is 2. The van der Waals surface area contributed by atoms with E-state index in [1.54, 1.807) is 12.3 Å². The number of benzene rings is 1. The number of piperazine rings is 1. The number of ether oxygens (including phenoxy) is 2. The van der Waals surface area contributed by atoms with Gasteiger partial charge >= 0.3 is 6.01 Å². The van der Waals surface area contributed by atoms with Gasteiger partial charge in [0.25, 0.3) is 5.91 Å². The molecule has 2 aromatic heterocycles. The lowest BCUT2D eigenvalue weighted by Crippen LogP contribution is -2.54. The Hall–Kier alpha value is -3.53. The molecule has 0 spiro atoms. The summed E-state index contributed by atoms with van der Waals surface area (Å²) in [6.45, 7) is 6.00. The van der Waals surface area contributed by atoms with Crippen molar-refractivity contribution in [3.05, 3.63) is 36.3 Å². The third kappa shape index (κ3) is 4.33. The minimum atomic E-state index is -0.371. The summed E-state index contributed by atoms with van der Waals surface area (Å²) in [5.74, 6) is 0.308. The van der Waals surface area contributed by atoms with Gasteiger partial charge in [-0.1, -0.05) is 0 Å². The van der Waals surface area contributed by atoms with Gasteiger partial charge in [0.1, 0.15) is 0 Å². The first kappa shape index (κ1) is 20.7. The minimum Gasteiger partial charge on any atom is -0.494 e. The molecule has 1 fully saturated rings. The number of anilines is 2. The van der Waals surface area contributed by atoms with Crippen LogP contribution in [0.4, 0.5) is 11.6 Å². The molecule has 0 bridgehead atoms. The van der Waals surface area contributed by atoms with Crippen molar-refractivity contribution in [3.8, 4) is 11.8 Å². The largest absolute Gasteiger partial charge is 0.494 e. The van der Waals surface area contributed by atoms with Crippen molar-refractivity contribution in [2.24, 2.45) is 0 Å². The maximum absolute atomic E-state index is 13.0. The molecule has 3 aromatic rings. The second-order valence-corrected chi connectivity index (χ2v) is 7.53. The van der Waals surface area contributed by atoms with Crippen molar-refractivity contribution in [1.29, 1.82) is 0 Å². The molecule has 0 saturated carbocycles. The molecule has 1 saturated heterocycles. The van der Waals surface area contributed by atoms with E-state index in [-0.39, 0.29) is 17.9 Å². The SMILES string of the molecule is COc1cnc(NC(=O)c2ccc(N3C[C@H](C)N[C@@H](C)C3)c3cnc(OC)nc23)nc1. The van der Waals surface area contributed by atoms with E-state index in [1.807, 2.05) is 6.07 Å². The highest BCUT2D eigenvalue weighted by Crippen LogP contribution is 2.30. The molecule has 2 atom stereocenters. The highest BCUT2D eigenvalue weighted by molar-refractivity contribution is 6.13. The van der Waals surface area contributed by atoms with Gasteiger partial charge in [0.05, 0.1) is 37.7 Å². The van der Waals surface area contributed by atoms with E-state index in [4.69, 9.17) is 9.47 Å². The van der Waals surface area contributed by atoms with E-state index in [2.05, 4.69) is 49.3 Å². The molecular formula is C21H25N7O3. The van der Waals surface area contributed by atoms with E-state index in [0.717, 1.165) is 24.2 Å². The van der Waals surface area contributed by atoms with Gasteiger partial charge in [-0.25, -0.2) is 15.0 Å². The Kier molecular flexibility index (Phi) is 5.81. The quantitative estimate of drug-likeness (QED) is 0.635. The van der Waals surface area contributed by atoms with Crippen molar-refractivity contribution in [2.45, 2.75) is 25.9 Å². The molecule has 4 rings (SSSR count). The number of carbonyl (C=O) groups is 1. The van der Waals surface area contributed by atoms with E-state index < -0.39 is 0 Å². The van der Waals surface area contributed by atoms with Crippen LogP contribution in [0, 0.1) is 0 Å². The minimum absolute atomic E-state index is 0.175. The summed E-state index contributed by atoms with van der Waals surface area (Å²) >= 11 is 0. The monoisotopic (exact) mass is 423 g/mol. The van der Waals surface area contributed by atoms with Crippen LogP contribution in [-0.2, 0) is 0 Å². The Bertz CT molecular complexity index is 1080. The fourth-order valence-corrected chi connectivity index (χ4v) is 3.83. The number of rotatable bonds is 5. The summed E-state index contributed by atoms with van der Waals surface area (Å²) < 4.78 is 10.3. The Labute approximate surface area is 180 Å². The lowest BCUT2D eigenvalue weighted by Gasteiger charge is -2.38. The predicted molar refractivity (Wildman–Crippen MR) is 117 cm³/mol. The highest BCUT2D eigenvalue weighted by atomic mass is 16.5. The van der Waals surface area contributed by atoms with Crippen LogP contribution in [0.5, 0.6) is 11.8 Å². The lowest BCUT2D eigenvalue weighted by molar-refractivity contribution is 0.102. The summed E-state index contributed by atoms with van der Waals surface area (Å²) in [4.78, 5) is 32.3. The Morgan fingerprint density at radius 3 is 2.42 bits per heavy atom. The number of carbonyl (C=O) groups excluding carboxylic acids is 1. The van der Waals surface area contributed by atoms with E-state index in [9.17, 15) is 4.79 Å². The maximum atomic E-state index is 13.0. The second-order valence-electron chi connectivity index (χ2n) is 7.53. The van der Waals surface area contributed by atoms with Crippen LogP contribution in [0.1, 0.15) is 24.2 Å². The number of amides is 1. The Balaban J connectivity index is 1.72. The smallest absolute Gasteiger partial charge is 0.316 e. The van der Waals surface area contributed by atoms with Crippen LogP contribution in [0.15, 0.2) is 30.7 Å². The molecule has 10 heteroatoms. The zero-order valence-corrected chi connectivity index (χ0v) is 17.9. The standard InChI is InChI=1S/C21H25N7O3/c1-12-10-28(11-13(2)25-12)17-6-5-15(18-16(17)9-24-21(26-18)31-4)19(29)27-20-22-7-14(30-3)8-23-20/h5-9,12-13,25H,10-11H2,1-4H3,(H,22,23,27,29)/t12-,13-/m0/s1.